The molecule has 1 aliphatic carbocycles. The lowest BCUT2D eigenvalue weighted by molar-refractivity contribution is 0.318. The van der Waals surface area contributed by atoms with E-state index in [0.717, 1.165) is 24.8 Å². The Morgan fingerprint density at radius 2 is 2.07 bits per heavy atom. The third kappa shape index (κ3) is 2.78. The number of hydrogen-bond acceptors (Lipinski definition) is 1. The second-order valence-electron chi connectivity index (χ2n) is 4.59. The van der Waals surface area contributed by atoms with Crippen LogP contribution in [-0.4, -0.2) is 6.04 Å². The third-order valence-corrected chi connectivity index (χ3v) is 3.29. The highest BCUT2D eigenvalue weighted by atomic mass is 19.1. The van der Waals surface area contributed by atoms with E-state index in [9.17, 15) is 4.39 Å². The molecule has 0 heterocycles. The van der Waals surface area contributed by atoms with Crippen molar-refractivity contribution in [2.45, 2.75) is 38.1 Å². The number of rotatable bonds is 2. The van der Waals surface area contributed by atoms with E-state index < -0.39 is 0 Å². The normalized spacial score (nSPS) is 26.5. The molecule has 0 bridgehead atoms. The molecule has 0 radical (unpaired) electrons. The van der Waals surface area contributed by atoms with Gasteiger partial charge in [0.1, 0.15) is 5.82 Å². The Bertz CT molecular complexity index is 324. The molecule has 0 amide bonds. The molecule has 0 spiro atoms. The highest BCUT2D eigenvalue weighted by Gasteiger charge is 2.20. The summed E-state index contributed by atoms with van der Waals surface area (Å²) in [5.41, 5.74) is 6.77. The Morgan fingerprint density at radius 1 is 1.27 bits per heavy atom. The Labute approximate surface area is 90.5 Å². The monoisotopic (exact) mass is 207 g/mol. The first kappa shape index (κ1) is 10.6. The van der Waals surface area contributed by atoms with E-state index in [0.29, 0.717) is 12.0 Å². The van der Waals surface area contributed by atoms with E-state index in [1.165, 1.54) is 18.9 Å². The molecule has 0 saturated heterocycles. The fourth-order valence-corrected chi connectivity index (χ4v) is 2.49. The number of halogens is 1. The minimum atomic E-state index is -0.0726. The third-order valence-electron chi connectivity index (χ3n) is 3.29. The van der Waals surface area contributed by atoms with E-state index in [1.54, 1.807) is 6.07 Å². The second-order valence-corrected chi connectivity index (χ2v) is 4.59. The zero-order chi connectivity index (χ0) is 10.7. The van der Waals surface area contributed by atoms with Gasteiger partial charge in [-0.15, -0.1) is 0 Å². The summed E-state index contributed by atoms with van der Waals surface area (Å²) in [5.74, 6) is 0.502. The van der Waals surface area contributed by atoms with Gasteiger partial charge < -0.3 is 5.73 Å². The lowest BCUT2D eigenvalue weighted by Crippen LogP contribution is -2.28. The van der Waals surface area contributed by atoms with Crippen molar-refractivity contribution >= 4 is 0 Å². The van der Waals surface area contributed by atoms with E-state index in [4.69, 9.17) is 5.73 Å². The molecular weight excluding hydrogens is 189 g/mol. The number of hydrogen-bond donors (Lipinski definition) is 1. The smallest absolute Gasteiger partial charge is 0.126 e. The molecule has 1 saturated carbocycles. The van der Waals surface area contributed by atoms with Crippen LogP contribution in [0.5, 0.6) is 0 Å². The maximum atomic E-state index is 13.4. The summed E-state index contributed by atoms with van der Waals surface area (Å²) in [5, 5.41) is 0. The van der Waals surface area contributed by atoms with Crippen molar-refractivity contribution in [3.05, 3.63) is 35.6 Å². The maximum Gasteiger partial charge on any atom is 0.126 e. The average Bonchev–Trinajstić information content (AvgIpc) is 2.22. The van der Waals surface area contributed by atoms with Crippen LogP contribution < -0.4 is 5.73 Å². The topological polar surface area (TPSA) is 26.0 Å². The van der Waals surface area contributed by atoms with E-state index in [1.807, 2.05) is 12.1 Å². The van der Waals surface area contributed by atoms with Gasteiger partial charge in [-0.2, -0.15) is 0 Å². The second kappa shape index (κ2) is 4.75. The summed E-state index contributed by atoms with van der Waals surface area (Å²) in [4.78, 5) is 0. The van der Waals surface area contributed by atoms with Crippen molar-refractivity contribution < 1.29 is 4.39 Å². The van der Waals surface area contributed by atoms with Crippen molar-refractivity contribution in [3.63, 3.8) is 0 Å². The molecular formula is C13H18FN. The van der Waals surface area contributed by atoms with E-state index in [-0.39, 0.29) is 5.82 Å². The lowest BCUT2D eigenvalue weighted by atomic mass is 9.82. The van der Waals surface area contributed by atoms with Gasteiger partial charge in [-0.25, -0.2) is 4.39 Å². The molecule has 1 nitrogen and oxygen atoms in total. The van der Waals surface area contributed by atoms with Crippen LogP contribution >= 0.6 is 0 Å². The van der Waals surface area contributed by atoms with Crippen LogP contribution in [0, 0.1) is 11.7 Å². The van der Waals surface area contributed by atoms with Gasteiger partial charge in [0.05, 0.1) is 0 Å². The van der Waals surface area contributed by atoms with E-state index >= 15 is 0 Å². The lowest BCUT2D eigenvalue weighted by Gasteiger charge is -2.26. The summed E-state index contributed by atoms with van der Waals surface area (Å²) < 4.78 is 13.4. The zero-order valence-electron chi connectivity index (χ0n) is 8.95. The van der Waals surface area contributed by atoms with Gasteiger partial charge in [0, 0.05) is 6.04 Å². The summed E-state index contributed by atoms with van der Waals surface area (Å²) >= 11 is 0. The predicted octanol–water partition coefficient (Wildman–Crippen LogP) is 2.89. The Kier molecular flexibility index (Phi) is 3.37. The summed E-state index contributed by atoms with van der Waals surface area (Å²) in [6.45, 7) is 0. The number of benzene rings is 1. The van der Waals surface area contributed by atoms with Crippen molar-refractivity contribution in [3.8, 4) is 0 Å². The Hall–Kier alpha value is -0.890. The molecule has 2 heteroatoms. The van der Waals surface area contributed by atoms with E-state index in [2.05, 4.69) is 0 Å². The van der Waals surface area contributed by atoms with Gasteiger partial charge in [0.2, 0.25) is 0 Å². The molecule has 1 aliphatic rings. The summed E-state index contributed by atoms with van der Waals surface area (Å²) in [6, 6.07) is 7.40. The Morgan fingerprint density at radius 3 is 2.80 bits per heavy atom. The van der Waals surface area contributed by atoms with Crippen LogP contribution in [0.3, 0.4) is 0 Å². The average molecular weight is 207 g/mol. The molecule has 2 atom stereocenters. The van der Waals surface area contributed by atoms with Crippen molar-refractivity contribution in [2.24, 2.45) is 11.7 Å². The van der Waals surface area contributed by atoms with Gasteiger partial charge in [-0.05, 0) is 36.8 Å². The SMILES string of the molecule is NC1CCCC(Cc2ccccc2F)C1. The van der Waals surface area contributed by atoms with Gasteiger partial charge in [-0.1, -0.05) is 31.0 Å². The van der Waals surface area contributed by atoms with Crippen LogP contribution in [0.2, 0.25) is 0 Å². The standard InChI is InChI=1S/C13H18FN/c14-13-7-2-1-5-11(13)8-10-4-3-6-12(15)9-10/h1-2,5,7,10,12H,3-4,6,8-9,15H2. The molecule has 82 valence electrons. The van der Waals surface area contributed by atoms with Crippen LogP contribution in [0.1, 0.15) is 31.2 Å². The Balaban J connectivity index is 1.99. The van der Waals surface area contributed by atoms with Gasteiger partial charge in [-0.3, -0.25) is 0 Å². The van der Waals surface area contributed by atoms with Crippen LogP contribution in [0.4, 0.5) is 4.39 Å². The molecule has 1 aromatic rings. The molecule has 1 fully saturated rings. The van der Waals surface area contributed by atoms with Crippen LogP contribution in [-0.2, 0) is 6.42 Å². The minimum absolute atomic E-state index is 0.0726. The first-order valence-corrected chi connectivity index (χ1v) is 5.74. The first-order valence-electron chi connectivity index (χ1n) is 5.74. The predicted molar refractivity (Wildman–Crippen MR) is 60.0 cm³/mol. The quantitative estimate of drug-likeness (QED) is 0.792. The molecule has 1 aromatic carbocycles. The first-order chi connectivity index (χ1) is 7.25. The molecule has 0 aromatic heterocycles. The molecule has 15 heavy (non-hydrogen) atoms. The molecule has 2 rings (SSSR count). The molecule has 2 unspecified atom stereocenters. The fourth-order valence-electron chi connectivity index (χ4n) is 2.49. The zero-order valence-corrected chi connectivity index (χ0v) is 8.95. The minimum Gasteiger partial charge on any atom is -0.328 e. The van der Waals surface area contributed by atoms with Crippen LogP contribution in [0.15, 0.2) is 24.3 Å². The summed E-state index contributed by atoms with van der Waals surface area (Å²) in [6.07, 6.45) is 5.42. The number of nitrogens with two attached hydrogens (primary N) is 1. The molecule has 2 N–H and O–H groups in total. The summed E-state index contributed by atoms with van der Waals surface area (Å²) in [7, 11) is 0. The largest absolute Gasteiger partial charge is 0.328 e. The van der Waals surface area contributed by atoms with Crippen LogP contribution in [0.25, 0.3) is 0 Å². The van der Waals surface area contributed by atoms with Gasteiger partial charge in [0.15, 0.2) is 0 Å². The highest BCUT2D eigenvalue weighted by molar-refractivity contribution is 5.17. The van der Waals surface area contributed by atoms with Crippen molar-refractivity contribution in [1.82, 2.24) is 0 Å². The maximum absolute atomic E-state index is 13.4. The van der Waals surface area contributed by atoms with Gasteiger partial charge in [0.25, 0.3) is 0 Å². The van der Waals surface area contributed by atoms with Crippen molar-refractivity contribution in [1.29, 1.82) is 0 Å². The van der Waals surface area contributed by atoms with Gasteiger partial charge >= 0.3 is 0 Å². The van der Waals surface area contributed by atoms with Crippen molar-refractivity contribution in [2.75, 3.05) is 0 Å². The fraction of sp³-hybridized carbons (Fsp3) is 0.538. The molecule has 0 aliphatic heterocycles. The highest BCUT2D eigenvalue weighted by Crippen LogP contribution is 2.27.